The fourth-order valence-corrected chi connectivity index (χ4v) is 4.72. The number of pyridine rings is 2. The maximum atomic E-state index is 13.8. The van der Waals surface area contributed by atoms with Crippen LogP contribution in [0.2, 0.25) is 0 Å². The van der Waals surface area contributed by atoms with Gasteiger partial charge >= 0.3 is 0 Å². The highest BCUT2D eigenvalue weighted by atomic mass is 16.1. The van der Waals surface area contributed by atoms with Gasteiger partial charge in [0.15, 0.2) is 11.6 Å². The van der Waals surface area contributed by atoms with Gasteiger partial charge in [0.1, 0.15) is 0 Å². The standard InChI is InChI=1S/C34H28N6O2/c1-21-31(33(41)25-11-9-17-35-19-25)22(2)38-29-15-7-8-16-30(29)40-24(4)32(34(42)26-12-10-18-36-20-26)23(3)39-28-14-6-5-13-27(28)37-21/h5-20H,1-4H3. The fourth-order valence-electron chi connectivity index (χ4n) is 4.72. The summed E-state index contributed by atoms with van der Waals surface area (Å²) in [4.78, 5) is 55.3. The molecule has 0 saturated carbocycles. The van der Waals surface area contributed by atoms with E-state index in [-0.39, 0.29) is 11.6 Å². The molecule has 0 saturated heterocycles. The molecule has 5 aromatic rings. The smallest absolute Gasteiger partial charge is 0.198 e. The molecule has 0 unspecified atom stereocenters. The third-order valence-corrected chi connectivity index (χ3v) is 6.66. The molecular weight excluding hydrogens is 524 g/mol. The number of carbonyl (C=O) groups excluding carboxylic acids is 2. The van der Waals surface area contributed by atoms with E-state index in [9.17, 15) is 9.59 Å². The van der Waals surface area contributed by atoms with Gasteiger partial charge in [-0.1, -0.05) is 24.3 Å². The number of para-hydroxylation sites is 4. The molecule has 3 heterocycles. The summed E-state index contributed by atoms with van der Waals surface area (Å²) in [5, 5.41) is 0. The molecule has 0 fully saturated rings. The monoisotopic (exact) mass is 552 g/mol. The molecular formula is C34H28N6O2. The second-order valence-electron chi connectivity index (χ2n) is 9.66. The molecule has 0 amide bonds. The van der Waals surface area contributed by atoms with Crippen molar-refractivity contribution in [1.82, 2.24) is 29.9 Å². The van der Waals surface area contributed by atoms with E-state index in [0.717, 1.165) is 0 Å². The van der Waals surface area contributed by atoms with E-state index in [1.807, 2.05) is 48.5 Å². The topological polar surface area (TPSA) is 111 Å². The van der Waals surface area contributed by atoms with Gasteiger partial charge in [0.05, 0.1) is 56.0 Å². The number of nitrogens with zero attached hydrogens (tertiary/aromatic N) is 6. The second kappa shape index (κ2) is 12.3. The normalized spacial score (nSPS) is 10.6. The Balaban J connectivity index is 1.96. The lowest BCUT2D eigenvalue weighted by Crippen LogP contribution is -2.08. The third-order valence-electron chi connectivity index (χ3n) is 6.66. The molecule has 0 N–H and O–H groups in total. The highest BCUT2D eigenvalue weighted by Crippen LogP contribution is 2.19. The van der Waals surface area contributed by atoms with Gasteiger partial charge in [0.2, 0.25) is 0 Å². The quantitative estimate of drug-likeness (QED) is 0.239. The Morgan fingerprint density at radius 1 is 0.452 bits per heavy atom. The van der Waals surface area contributed by atoms with Crippen LogP contribution in [0.15, 0.2) is 97.6 Å². The van der Waals surface area contributed by atoms with Crippen molar-refractivity contribution in [2.45, 2.75) is 27.7 Å². The molecule has 8 heteroatoms. The maximum Gasteiger partial charge on any atom is 0.198 e. The molecule has 0 aliphatic carbocycles. The first-order chi connectivity index (χ1) is 20.3. The van der Waals surface area contributed by atoms with Gasteiger partial charge in [-0.05, 0) is 76.2 Å². The van der Waals surface area contributed by atoms with Crippen LogP contribution in [0, 0.1) is 27.7 Å². The van der Waals surface area contributed by atoms with Crippen LogP contribution in [0.3, 0.4) is 0 Å². The molecule has 5 rings (SSSR count). The van der Waals surface area contributed by atoms with Gasteiger partial charge in [0.25, 0.3) is 0 Å². The second-order valence-corrected chi connectivity index (χ2v) is 9.66. The predicted molar refractivity (Wildman–Crippen MR) is 162 cm³/mol. The SMILES string of the molecule is Cc1nc2ccccc2nc(C)c(C(=O)c2cccnc2)c(C)nc2ccccc2nc(C)c1C(=O)c1cccnc1. The fraction of sp³-hybridized carbons (Fsp3) is 0.118. The van der Waals surface area contributed by atoms with Gasteiger partial charge in [-0.2, -0.15) is 0 Å². The number of ketones is 2. The van der Waals surface area contributed by atoms with E-state index in [2.05, 4.69) is 9.97 Å². The van der Waals surface area contributed by atoms with Gasteiger partial charge < -0.3 is 0 Å². The summed E-state index contributed by atoms with van der Waals surface area (Å²) in [6.07, 6.45) is 6.30. The summed E-state index contributed by atoms with van der Waals surface area (Å²) in [7, 11) is 0. The van der Waals surface area contributed by atoms with Crippen LogP contribution < -0.4 is 0 Å². The number of rotatable bonds is 4. The first-order valence-electron chi connectivity index (χ1n) is 13.4. The van der Waals surface area contributed by atoms with Crippen LogP contribution in [0.4, 0.5) is 0 Å². The van der Waals surface area contributed by atoms with E-state index in [4.69, 9.17) is 19.9 Å². The van der Waals surface area contributed by atoms with Gasteiger partial charge in [-0.15, -0.1) is 0 Å². The third kappa shape index (κ3) is 5.97. The van der Waals surface area contributed by atoms with Crippen LogP contribution in [0.1, 0.15) is 54.6 Å². The van der Waals surface area contributed by atoms with Crippen molar-refractivity contribution >= 4 is 33.6 Å². The minimum absolute atomic E-state index is 0.246. The van der Waals surface area contributed by atoms with Crippen molar-refractivity contribution in [3.63, 3.8) is 0 Å². The largest absolute Gasteiger partial charge is 0.288 e. The zero-order chi connectivity index (χ0) is 29.6. The zero-order valence-electron chi connectivity index (χ0n) is 23.7. The Labute approximate surface area is 243 Å². The Morgan fingerprint density at radius 2 is 0.762 bits per heavy atom. The van der Waals surface area contributed by atoms with Crippen molar-refractivity contribution in [3.05, 3.63) is 143 Å². The molecule has 0 radical (unpaired) electrons. The van der Waals surface area contributed by atoms with Crippen molar-refractivity contribution < 1.29 is 9.59 Å². The molecule has 0 bridgehead atoms. The van der Waals surface area contributed by atoms with Crippen molar-refractivity contribution in [1.29, 1.82) is 0 Å². The molecule has 0 spiro atoms. The highest BCUT2D eigenvalue weighted by Gasteiger charge is 2.17. The van der Waals surface area contributed by atoms with Crippen molar-refractivity contribution in [3.8, 4) is 0 Å². The van der Waals surface area contributed by atoms with Crippen LogP contribution in [-0.2, 0) is 0 Å². The average molecular weight is 553 g/mol. The first kappa shape index (κ1) is 28.0. The molecule has 0 aliphatic heterocycles. The molecule has 0 atom stereocenters. The number of fused-ring (bicyclic) bond motifs is 2. The van der Waals surface area contributed by atoms with Gasteiger partial charge in [0, 0.05) is 35.9 Å². The van der Waals surface area contributed by atoms with Crippen molar-refractivity contribution in [2.75, 3.05) is 0 Å². The first-order valence-corrected chi connectivity index (χ1v) is 13.4. The lowest BCUT2D eigenvalue weighted by molar-refractivity contribution is 0.102. The minimum atomic E-state index is -0.246. The van der Waals surface area contributed by atoms with E-state index >= 15 is 0 Å². The molecule has 42 heavy (non-hydrogen) atoms. The van der Waals surface area contributed by atoms with Crippen molar-refractivity contribution in [2.24, 2.45) is 0 Å². The number of aryl methyl sites for hydroxylation is 4. The Hall–Kier alpha value is -5.50. The van der Waals surface area contributed by atoms with Gasteiger partial charge in [-0.25, -0.2) is 0 Å². The van der Waals surface area contributed by atoms with E-state index in [1.54, 1.807) is 64.4 Å². The summed E-state index contributed by atoms with van der Waals surface area (Å²) in [5.74, 6) is -0.491. The summed E-state index contributed by atoms with van der Waals surface area (Å²) >= 11 is 0. The Bertz CT molecular complexity index is 1730. The Morgan fingerprint density at radius 3 is 1.02 bits per heavy atom. The average Bonchev–Trinajstić information content (AvgIpc) is 2.99. The number of benzene rings is 2. The van der Waals surface area contributed by atoms with E-state index in [0.29, 0.717) is 67.1 Å². The summed E-state index contributed by atoms with van der Waals surface area (Å²) < 4.78 is 0. The lowest BCUT2D eigenvalue weighted by atomic mass is 10.0. The maximum absolute atomic E-state index is 13.8. The lowest BCUT2D eigenvalue weighted by Gasteiger charge is -2.07. The summed E-state index contributed by atoms with van der Waals surface area (Å²) in [6, 6.07) is 21.5. The number of hydrogen-bond acceptors (Lipinski definition) is 8. The van der Waals surface area contributed by atoms with E-state index < -0.39 is 0 Å². The zero-order valence-corrected chi connectivity index (χ0v) is 23.7. The number of hydrogen-bond donors (Lipinski definition) is 0. The van der Waals surface area contributed by atoms with Crippen LogP contribution in [0.25, 0.3) is 22.1 Å². The summed E-state index contributed by atoms with van der Waals surface area (Å²) in [5.41, 5.74) is 5.59. The Kier molecular flexibility index (Phi) is 8.24. The summed E-state index contributed by atoms with van der Waals surface area (Å²) in [6.45, 7) is 7.11. The molecule has 0 aliphatic rings. The molecule has 8 nitrogen and oxygen atoms in total. The van der Waals surface area contributed by atoms with Crippen LogP contribution in [0.5, 0.6) is 0 Å². The van der Waals surface area contributed by atoms with Gasteiger partial charge in [-0.3, -0.25) is 39.5 Å². The molecule has 2 aromatic carbocycles. The minimum Gasteiger partial charge on any atom is -0.288 e. The number of carbonyl (C=O) groups is 2. The highest BCUT2D eigenvalue weighted by molar-refractivity contribution is 6.11. The number of aromatic nitrogens is 6. The van der Waals surface area contributed by atoms with Crippen LogP contribution >= 0.6 is 0 Å². The van der Waals surface area contributed by atoms with E-state index in [1.165, 1.54) is 12.4 Å². The molecule has 3 aromatic heterocycles. The molecule has 206 valence electrons. The van der Waals surface area contributed by atoms with Crippen LogP contribution in [-0.4, -0.2) is 41.5 Å². The predicted octanol–water partition coefficient (Wildman–Crippen LogP) is 6.31.